The number of imidazole rings is 1. The molecule has 8 rings (SSSR count). The number of hydrogen-bond acceptors (Lipinski definition) is 0. The molecule has 42 heavy (non-hydrogen) atoms. The quantitative estimate of drug-likeness (QED) is 0.116. The van der Waals surface area contributed by atoms with Gasteiger partial charge in [-0.25, -0.2) is 4.57 Å². The Morgan fingerprint density at radius 1 is 0.905 bits per heavy atom. The number of para-hydroxylation sites is 1. The van der Waals surface area contributed by atoms with Crippen LogP contribution in [0.15, 0.2) is 85.6 Å². The van der Waals surface area contributed by atoms with E-state index in [1.54, 1.807) is 0 Å². The van der Waals surface area contributed by atoms with Crippen molar-refractivity contribution in [2.75, 3.05) is 0 Å². The first-order valence-electron chi connectivity index (χ1n) is 16.3. The fraction of sp³-hybridized carbons (Fsp3) is 0.425. The van der Waals surface area contributed by atoms with Gasteiger partial charge < -0.3 is 0 Å². The number of benzene rings is 3. The van der Waals surface area contributed by atoms with E-state index in [4.69, 9.17) is 0 Å². The number of aromatic nitrogens is 2. The predicted molar refractivity (Wildman–Crippen MR) is 176 cm³/mol. The maximum atomic E-state index is 4.54. The minimum absolute atomic E-state index is 0.0795. The summed E-state index contributed by atoms with van der Waals surface area (Å²) in [5.41, 5.74) is 8.70. The van der Waals surface area contributed by atoms with E-state index in [2.05, 4.69) is 136 Å². The number of hydrogen-bond donors (Lipinski definition) is 0. The molecule has 0 N–H and O–H groups in total. The van der Waals surface area contributed by atoms with Gasteiger partial charge in [0.25, 0.3) is 5.65 Å². The van der Waals surface area contributed by atoms with Crippen molar-refractivity contribution in [2.45, 2.75) is 90.5 Å². The van der Waals surface area contributed by atoms with E-state index in [1.165, 1.54) is 69.0 Å². The minimum atomic E-state index is -0.232. The topological polar surface area (TPSA) is 8.29 Å². The average molecular weight is 554 g/mol. The fourth-order valence-electron chi connectivity index (χ4n) is 10.5. The van der Waals surface area contributed by atoms with Crippen LogP contribution in [-0.4, -0.2) is 4.40 Å². The van der Waals surface area contributed by atoms with Crippen molar-refractivity contribution < 1.29 is 4.57 Å². The van der Waals surface area contributed by atoms with Crippen molar-refractivity contribution >= 4 is 27.3 Å². The van der Waals surface area contributed by atoms with Gasteiger partial charge in [-0.15, -0.1) is 0 Å². The van der Waals surface area contributed by atoms with Crippen molar-refractivity contribution in [1.29, 1.82) is 0 Å². The van der Waals surface area contributed by atoms with Gasteiger partial charge in [0.1, 0.15) is 17.3 Å². The molecular weight excluding hydrogens is 508 g/mol. The average Bonchev–Trinajstić information content (AvgIpc) is 3.59. The third-order valence-electron chi connectivity index (χ3n) is 13.6. The second-order valence-electron chi connectivity index (χ2n) is 14.7. The Balaban J connectivity index is 1.54. The van der Waals surface area contributed by atoms with E-state index in [-0.39, 0.29) is 11.0 Å². The molecule has 2 aliphatic carbocycles. The molecule has 3 aromatic carbocycles. The third-order valence-corrected chi connectivity index (χ3v) is 13.6. The summed E-state index contributed by atoms with van der Waals surface area (Å²) < 4.78 is 5.26. The van der Waals surface area contributed by atoms with E-state index in [0.717, 1.165) is 18.8 Å². The molecule has 0 spiro atoms. The number of rotatable bonds is 5. The van der Waals surface area contributed by atoms with Gasteiger partial charge >= 0.3 is 0 Å². The van der Waals surface area contributed by atoms with E-state index in [1.807, 2.05) is 0 Å². The highest BCUT2D eigenvalue weighted by molar-refractivity contribution is 6.13. The van der Waals surface area contributed by atoms with Gasteiger partial charge in [-0.1, -0.05) is 109 Å². The molecular formula is C40H45N2+. The van der Waals surface area contributed by atoms with Crippen molar-refractivity contribution in [3.05, 3.63) is 96.7 Å². The van der Waals surface area contributed by atoms with E-state index < -0.39 is 0 Å². The predicted octanol–water partition coefficient (Wildman–Crippen LogP) is 10.1. The van der Waals surface area contributed by atoms with Crippen LogP contribution in [0.4, 0.5) is 0 Å². The highest BCUT2D eigenvalue weighted by atomic mass is 15.2. The van der Waals surface area contributed by atoms with Gasteiger partial charge in [-0.2, -0.15) is 4.40 Å². The lowest BCUT2D eigenvalue weighted by Gasteiger charge is -2.47. The van der Waals surface area contributed by atoms with Crippen LogP contribution in [0.25, 0.3) is 38.6 Å². The number of allylic oxidation sites excluding steroid dienone is 1. The van der Waals surface area contributed by atoms with Gasteiger partial charge in [-0.05, 0) is 78.0 Å². The van der Waals surface area contributed by atoms with Crippen LogP contribution in [0, 0.1) is 16.7 Å². The monoisotopic (exact) mass is 553 g/mol. The first-order chi connectivity index (χ1) is 20.2. The molecule has 214 valence electrons. The van der Waals surface area contributed by atoms with Crippen LogP contribution < -0.4 is 4.57 Å². The molecule has 1 aliphatic heterocycles. The van der Waals surface area contributed by atoms with Crippen molar-refractivity contribution in [3.8, 4) is 11.3 Å². The van der Waals surface area contributed by atoms with Gasteiger partial charge in [0, 0.05) is 21.8 Å². The lowest BCUT2D eigenvalue weighted by molar-refractivity contribution is -0.740. The fourth-order valence-corrected chi connectivity index (χ4v) is 10.5. The van der Waals surface area contributed by atoms with E-state index in [9.17, 15) is 0 Å². The van der Waals surface area contributed by atoms with Crippen molar-refractivity contribution in [1.82, 2.24) is 4.40 Å². The molecule has 5 unspecified atom stereocenters. The Bertz CT molecular complexity index is 1940. The molecule has 2 bridgehead atoms. The van der Waals surface area contributed by atoms with Gasteiger partial charge in [0.2, 0.25) is 0 Å². The second-order valence-corrected chi connectivity index (χ2v) is 14.7. The zero-order valence-electron chi connectivity index (χ0n) is 26.3. The van der Waals surface area contributed by atoms with E-state index >= 15 is 0 Å². The Kier molecular flexibility index (Phi) is 5.23. The van der Waals surface area contributed by atoms with E-state index in [0.29, 0.717) is 16.7 Å². The summed E-state index contributed by atoms with van der Waals surface area (Å²) in [5.74, 6) is 1.38. The Labute approximate surface area is 251 Å². The first-order valence-corrected chi connectivity index (χ1v) is 16.3. The van der Waals surface area contributed by atoms with Crippen LogP contribution in [0.5, 0.6) is 0 Å². The summed E-state index contributed by atoms with van der Waals surface area (Å²) in [6, 6.07) is 25.5. The molecule has 0 saturated heterocycles. The summed E-state index contributed by atoms with van der Waals surface area (Å²) in [5, 5.41) is 4.10. The van der Waals surface area contributed by atoms with Crippen LogP contribution in [0.3, 0.4) is 0 Å². The van der Waals surface area contributed by atoms with Gasteiger partial charge in [0.05, 0.1) is 5.39 Å². The lowest BCUT2D eigenvalue weighted by Crippen LogP contribution is -2.66. The smallest absolute Gasteiger partial charge is 0.219 e. The van der Waals surface area contributed by atoms with Crippen LogP contribution >= 0.6 is 0 Å². The molecule has 2 heteroatoms. The maximum Gasteiger partial charge on any atom is 0.296 e. The highest BCUT2D eigenvalue weighted by Crippen LogP contribution is 2.71. The highest BCUT2D eigenvalue weighted by Gasteiger charge is 2.62. The summed E-state index contributed by atoms with van der Waals surface area (Å²) in [6.45, 7) is 19.4. The number of fused-ring (bicyclic) bond motifs is 5. The molecule has 2 aromatic heterocycles. The standard InChI is InChI=1S/C40H45N2/c1-8-38(6)31-20-15-19-30-29-18-13-14-21-33(29)42-34(25-41(36(42)35(30)31)40(38,9-2)10-3)28-17-12-11-16-27(28)32-24-26-22-23-39(32,7)37(26,4)5/h9,11-21,25-26,32H,2,8,10,22-24H2,1,3-7H3/q+1. The minimum Gasteiger partial charge on any atom is -0.219 e. The Morgan fingerprint density at radius 3 is 2.33 bits per heavy atom. The molecule has 2 saturated carbocycles. The van der Waals surface area contributed by atoms with Gasteiger partial charge in [-0.3, -0.25) is 0 Å². The zero-order valence-corrected chi connectivity index (χ0v) is 26.3. The van der Waals surface area contributed by atoms with Crippen LogP contribution in [-0.2, 0) is 11.0 Å². The van der Waals surface area contributed by atoms with Crippen molar-refractivity contribution in [3.63, 3.8) is 0 Å². The largest absolute Gasteiger partial charge is 0.296 e. The number of pyridine rings is 1. The molecule has 3 aliphatic rings. The Morgan fingerprint density at radius 2 is 1.64 bits per heavy atom. The molecule has 5 aromatic rings. The summed E-state index contributed by atoms with van der Waals surface area (Å²) >= 11 is 0. The molecule has 2 fully saturated rings. The Hall–Kier alpha value is -3.39. The van der Waals surface area contributed by atoms with Crippen LogP contribution in [0.1, 0.15) is 90.7 Å². The summed E-state index contributed by atoms with van der Waals surface area (Å²) in [6.07, 6.45) is 10.8. The van der Waals surface area contributed by atoms with Gasteiger partial charge in [0.15, 0.2) is 5.69 Å². The van der Waals surface area contributed by atoms with Crippen LogP contribution in [0.2, 0.25) is 0 Å². The molecule has 0 radical (unpaired) electrons. The lowest BCUT2D eigenvalue weighted by atomic mass is 9.61. The molecule has 2 nitrogen and oxygen atoms in total. The third kappa shape index (κ3) is 2.76. The molecule has 3 heterocycles. The first kappa shape index (κ1) is 26.3. The summed E-state index contributed by atoms with van der Waals surface area (Å²) in [7, 11) is 0. The second kappa shape index (κ2) is 8.37. The molecule has 0 amide bonds. The normalized spacial score (nSPS) is 31.1. The SMILES string of the molecule is C=CC1(CC)[n+]2cc(-c3ccccc3C3CC4CCC3(C)C4(C)C)n3c4ccccc4c4cccc(c4c32)C1(C)CC. The van der Waals surface area contributed by atoms with Crippen molar-refractivity contribution in [2.24, 2.45) is 16.7 Å². The summed E-state index contributed by atoms with van der Waals surface area (Å²) in [4.78, 5) is 0. The molecule has 5 atom stereocenters. The number of nitrogens with zero attached hydrogens (tertiary/aromatic N) is 2. The maximum absolute atomic E-state index is 4.54. The zero-order chi connectivity index (χ0) is 29.2.